The maximum atomic E-state index is 9.72. The summed E-state index contributed by atoms with van der Waals surface area (Å²) in [4.78, 5) is 0. The van der Waals surface area contributed by atoms with Crippen molar-refractivity contribution in [3.8, 4) is 0 Å². The maximum absolute atomic E-state index is 9.72. The molecule has 0 radical (unpaired) electrons. The van der Waals surface area contributed by atoms with Crippen LogP contribution in [0.3, 0.4) is 0 Å². The number of aliphatic hydroxyl groups excluding tert-OH is 3. The Morgan fingerprint density at radius 1 is 1.37 bits per heavy atom. The fourth-order valence-corrected chi connectivity index (χ4v) is 2.13. The molecule has 4 atom stereocenters. The zero-order chi connectivity index (χ0) is 14.1. The van der Waals surface area contributed by atoms with E-state index in [0.717, 1.165) is 25.7 Å². The molecular weight excluding hydrogens is 248 g/mol. The number of unbranched alkanes of at least 4 members (excludes halogenated alkanes) is 2. The smallest absolute Gasteiger partial charge is 0.114 e. The molecule has 3 N–H and O–H groups in total. The SMILES string of the molecule is CC/C=C/CCCCO[C@H]1[C@@H]([C@@H](O)CO)OC[C@H]1O. The summed E-state index contributed by atoms with van der Waals surface area (Å²) >= 11 is 0. The van der Waals surface area contributed by atoms with Gasteiger partial charge in [-0.2, -0.15) is 0 Å². The molecule has 0 spiro atoms. The van der Waals surface area contributed by atoms with Crippen LogP contribution in [-0.4, -0.2) is 59.6 Å². The van der Waals surface area contributed by atoms with Crippen LogP contribution in [0.4, 0.5) is 0 Å². The van der Waals surface area contributed by atoms with Crippen molar-refractivity contribution in [1.82, 2.24) is 0 Å². The van der Waals surface area contributed by atoms with Gasteiger partial charge in [-0.25, -0.2) is 0 Å². The highest BCUT2D eigenvalue weighted by Gasteiger charge is 2.40. The number of rotatable bonds is 9. The Morgan fingerprint density at radius 3 is 2.84 bits per heavy atom. The first-order valence-corrected chi connectivity index (χ1v) is 7.05. The van der Waals surface area contributed by atoms with Crippen LogP contribution in [0.2, 0.25) is 0 Å². The number of aliphatic hydroxyl groups is 3. The van der Waals surface area contributed by atoms with Gasteiger partial charge in [0.15, 0.2) is 0 Å². The molecule has 0 amide bonds. The first-order chi connectivity index (χ1) is 9.20. The third-order valence-electron chi connectivity index (χ3n) is 3.21. The predicted octanol–water partition coefficient (Wildman–Crippen LogP) is 0.621. The van der Waals surface area contributed by atoms with Crippen LogP contribution in [0.15, 0.2) is 12.2 Å². The zero-order valence-electron chi connectivity index (χ0n) is 11.6. The van der Waals surface area contributed by atoms with E-state index in [4.69, 9.17) is 14.6 Å². The van der Waals surface area contributed by atoms with E-state index in [2.05, 4.69) is 19.1 Å². The Kier molecular flexibility index (Phi) is 8.25. The van der Waals surface area contributed by atoms with Crippen LogP contribution in [-0.2, 0) is 9.47 Å². The fourth-order valence-electron chi connectivity index (χ4n) is 2.13. The highest BCUT2D eigenvalue weighted by molar-refractivity contribution is 4.89. The summed E-state index contributed by atoms with van der Waals surface area (Å²) in [5.74, 6) is 0. The van der Waals surface area contributed by atoms with Gasteiger partial charge in [-0.15, -0.1) is 0 Å². The molecule has 0 aromatic carbocycles. The summed E-state index contributed by atoms with van der Waals surface area (Å²) < 4.78 is 10.8. The number of allylic oxidation sites excluding steroid dienone is 2. The lowest BCUT2D eigenvalue weighted by atomic mass is 10.1. The Hall–Kier alpha value is -0.460. The van der Waals surface area contributed by atoms with Gasteiger partial charge in [0.25, 0.3) is 0 Å². The molecule has 1 heterocycles. The molecule has 1 aliphatic rings. The third kappa shape index (κ3) is 5.58. The molecule has 112 valence electrons. The van der Waals surface area contributed by atoms with Gasteiger partial charge in [0.2, 0.25) is 0 Å². The number of ether oxygens (including phenoxy) is 2. The normalized spacial score (nSPS) is 29.2. The molecule has 5 heteroatoms. The van der Waals surface area contributed by atoms with Crippen molar-refractivity contribution in [2.75, 3.05) is 19.8 Å². The van der Waals surface area contributed by atoms with E-state index in [1.807, 2.05) is 0 Å². The molecule has 0 unspecified atom stereocenters. The Labute approximate surface area is 114 Å². The quantitative estimate of drug-likeness (QED) is 0.424. The lowest BCUT2D eigenvalue weighted by Gasteiger charge is -2.23. The van der Waals surface area contributed by atoms with Gasteiger partial charge in [-0.3, -0.25) is 0 Å². The maximum Gasteiger partial charge on any atom is 0.114 e. The van der Waals surface area contributed by atoms with E-state index in [0.29, 0.717) is 6.61 Å². The van der Waals surface area contributed by atoms with Crippen LogP contribution in [0.5, 0.6) is 0 Å². The molecule has 1 rings (SSSR count). The standard InChI is InChI=1S/C14H26O5/c1-2-3-4-5-6-7-8-18-14-12(17)10-19-13(14)11(16)9-15/h3-4,11-17H,2,5-10H2,1H3/b4-3+/t11-,12+,13+,14+/m0/s1. The van der Waals surface area contributed by atoms with Gasteiger partial charge in [-0.05, 0) is 25.7 Å². The highest BCUT2D eigenvalue weighted by Crippen LogP contribution is 2.21. The summed E-state index contributed by atoms with van der Waals surface area (Å²) in [6, 6.07) is 0. The van der Waals surface area contributed by atoms with Crippen molar-refractivity contribution < 1.29 is 24.8 Å². The molecule has 0 saturated carbocycles. The first kappa shape index (κ1) is 16.6. The minimum Gasteiger partial charge on any atom is -0.394 e. The van der Waals surface area contributed by atoms with Gasteiger partial charge in [0, 0.05) is 6.61 Å². The molecule has 0 aromatic rings. The van der Waals surface area contributed by atoms with E-state index in [9.17, 15) is 10.2 Å². The molecule has 5 nitrogen and oxygen atoms in total. The first-order valence-electron chi connectivity index (χ1n) is 7.05. The second kappa shape index (κ2) is 9.44. The average Bonchev–Trinajstić information content (AvgIpc) is 2.78. The fraction of sp³-hybridized carbons (Fsp3) is 0.857. The molecule has 0 bridgehead atoms. The molecule has 1 saturated heterocycles. The van der Waals surface area contributed by atoms with Crippen LogP contribution in [0.1, 0.15) is 32.6 Å². The second-order valence-electron chi connectivity index (χ2n) is 4.83. The van der Waals surface area contributed by atoms with Crippen molar-refractivity contribution in [3.05, 3.63) is 12.2 Å². The Morgan fingerprint density at radius 2 is 2.16 bits per heavy atom. The summed E-state index contributed by atoms with van der Waals surface area (Å²) in [5, 5.41) is 28.2. The lowest BCUT2D eigenvalue weighted by molar-refractivity contribution is -0.0937. The predicted molar refractivity (Wildman–Crippen MR) is 71.9 cm³/mol. The second-order valence-corrected chi connectivity index (χ2v) is 4.83. The molecule has 0 aliphatic carbocycles. The van der Waals surface area contributed by atoms with E-state index >= 15 is 0 Å². The zero-order valence-corrected chi connectivity index (χ0v) is 11.6. The van der Waals surface area contributed by atoms with Crippen LogP contribution >= 0.6 is 0 Å². The van der Waals surface area contributed by atoms with E-state index in [1.54, 1.807) is 0 Å². The minimum absolute atomic E-state index is 0.144. The van der Waals surface area contributed by atoms with Crippen molar-refractivity contribution >= 4 is 0 Å². The van der Waals surface area contributed by atoms with Crippen LogP contribution < -0.4 is 0 Å². The third-order valence-corrected chi connectivity index (χ3v) is 3.21. The summed E-state index contributed by atoms with van der Waals surface area (Å²) in [6.45, 7) is 2.39. The number of hydrogen-bond donors (Lipinski definition) is 3. The topological polar surface area (TPSA) is 79.2 Å². The van der Waals surface area contributed by atoms with Gasteiger partial charge < -0.3 is 24.8 Å². The summed E-state index contributed by atoms with van der Waals surface area (Å²) in [6.07, 6.45) is 5.41. The molecule has 19 heavy (non-hydrogen) atoms. The van der Waals surface area contributed by atoms with Crippen molar-refractivity contribution in [2.24, 2.45) is 0 Å². The summed E-state index contributed by atoms with van der Waals surface area (Å²) in [5.41, 5.74) is 0. The van der Waals surface area contributed by atoms with Gasteiger partial charge >= 0.3 is 0 Å². The monoisotopic (exact) mass is 274 g/mol. The van der Waals surface area contributed by atoms with Gasteiger partial charge in [0.05, 0.1) is 13.2 Å². The minimum atomic E-state index is -1.00. The number of hydrogen-bond acceptors (Lipinski definition) is 5. The summed E-state index contributed by atoms with van der Waals surface area (Å²) in [7, 11) is 0. The van der Waals surface area contributed by atoms with E-state index < -0.39 is 24.4 Å². The Balaban J connectivity index is 2.20. The largest absolute Gasteiger partial charge is 0.394 e. The van der Waals surface area contributed by atoms with Crippen molar-refractivity contribution in [2.45, 2.75) is 57.0 Å². The van der Waals surface area contributed by atoms with Crippen LogP contribution in [0, 0.1) is 0 Å². The highest BCUT2D eigenvalue weighted by atomic mass is 16.6. The van der Waals surface area contributed by atoms with Crippen molar-refractivity contribution in [1.29, 1.82) is 0 Å². The molecule has 1 aliphatic heterocycles. The lowest BCUT2D eigenvalue weighted by Crippen LogP contribution is -2.42. The average molecular weight is 274 g/mol. The van der Waals surface area contributed by atoms with Crippen molar-refractivity contribution in [3.63, 3.8) is 0 Å². The van der Waals surface area contributed by atoms with E-state index in [-0.39, 0.29) is 13.2 Å². The molecule has 1 fully saturated rings. The molecular formula is C14H26O5. The Bertz CT molecular complexity index is 256. The van der Waals surface area contributed by atoms with Gasteiger partial charge in [-0.1, -0.05) is 19.1 Å². The van der Waals surface area contributed by atoms with E-state index in [1.165, 1.54) is 0 Å². The van der Waals surface area contributed by atoms with Crippen LogP contribution in [0.25, 0.3) is 0 Å². The molecule has 0 aromatic heterocycles. The van der Waals surface area contributed by atoms with Gasteiger partial charge in [0.1, 0.15) is 24.4 Å².